The van der Waals surface area contributed by atoms with Crippen LogP contribution in [0.2, 0.25) is 0 Å². The van der Waals surface area contributed by atoms with Crippen LogP contribution in [0.4, 0.5) is 14.7 Å². The van der Waals surface area contributed by atoms with E-state index >= 15 is 0 Å². The van der Waals surface area contributed by atoms with E-state index in [9.17, 15) is 18.8 Å². The zero-order chi connectivity index (χ0) is 26.8. The fraction of sp³-hybridized carbons (Fsp3) is 0.296. The fourth-order valence-electron chi connectivity index (χ4n) is 4.52. The number of hydrogen-bond donors (Lipinski definition) is 1. The molecule has 0 unspecified atom stereocenters. The summed E-state index contributed by atoms with van der Waals surface area (Å²) < 4.78 is 28.4. The number of halogens is 2. The van der Waals surface area contributed by atoms with Gasteiger partial charge in [-0.1, -0.05) is 12.1 Å². The Bertz CT molecular complexity index is 1520. The highest BCUT2D eigenvalue weighted by Gasteiger charge is 2.22. The number of aromatic nitrogens is 4. The summed E-state index contributed by atoms with van der Waals surface area (Å²) >= 11 is 0. The molecule has 1 fully saturated rings. The zero-order valence-electron chi connectivity index (χ0n) is 21.0. The van der Waals surface area contributed by atoms with Gasteiger partial charge >= 0.3 is 0 Å². The van der Waals surface area contributed by atoms with E-state index in [1.165, 1.54) is 28.9 Å². The third-order valence-electron chi connectivity index (χ3n) is 6.72. The molecule has 0 spiro atoms. The van der Waals surface area contributed by atoms with Gasteiger partial charge in [0.15, 0.2) is 0 Å². The maximum absolute atomic E-state index is 13.5. The molecule has 0 saturated carbocycles. The van der Waals surface area contributed by atoms with Crippen molar-refractivity contribution < 1.29 is 13.6 Å². The first-order valence-electron chi connectivity index (χ1n) is 12.2. The van der Waals surface area contributed by atoms with E-state index in [1.807, 2.05) is 43.1 Å². The molecule has 0 bridgehead atoms. The van der Waals surface area contributed by atoms with Crippen LogP contribution >= 0.6 is 0 Å². The van der Waals surface area contributed by atoms with Gasteiger partial charge in [0.1, 0.15) is 17.4 Å². The predicted molar refractivity (Wildman–Crippen MR) is 138 cm³/mol. The number of carbonyl (C=O) groups is 1. The number of piperazine rings is 1. The fourth-order valence-corrected chi connectivity index (χ4v) is 4.52. The Morgan fingerprint density at radius 2 is 1.89 bits per heavy atom. The summed E-state index contributed by atoms with van der Waals surface area (Å²) in [6, 6.07) is 12.1. The normalized spacial score (nSPS) is 15.0. The van der Waals surface area contributed by atoms with Crippen molar-refractivity contribution in [2.45, 2.75) is 19.4 Å². The van der Waals surface area contributed by atoms with Gasteiger partial charge in [0, 0.05) is 37.9 Å². The summed E-state index contributed by atoms with van der Waals surface area (Å²) in [5, 5.41) is 12.9. The molecule has 0 aliphatic carbocycles. The molecule has 1 aromatic carbocycles. The number of carbonyl (C=O) groups excluding carboxylic acids is 1. The molecule has 1 aliphatic rings. The third-order valence-corrected chi connectivity index (χ3v) is 6.72. The van der Waals surface area contributed by atoms with E-state index in [4.69, 9.17) is 0 Å². The number of benzene rings is 1. The second kappa shape index (κ2) is 10.5. The Labute approximate surface area is 218 Å². The first kappa shape index (κ1) is 25.2. The van der Waals surface area contributed by atoms with Gasteiger partial charge in [-0.15, -0.1) is 0 Å². The molecular formula is C27H26F2N8O. The molecule has 9 nitrogen and oxygen atoms in total. The number of rotatable bonds is 6. The largest absolute Gasteiger partial charge is 0.348 e. The second-order valence-corrected chi connectivity index (χ2v) is 9.26. The smallest absolute Gasteiger partial charge is 0.267 e. The van der Waals surface area contributed by atoms with Crippen molar-refractivity contribution in [3.05, 3.63) is 77.2 Å². The molecule has 1 saturated heterocycles. The minimum atomic E-state index is -2.69. The molecule has 5 rings (SSSR count). The Morgan fingerprint density at radius 1 is 1.11 bits per heavy atom. The Balaban J connectivity index is 1.41. The van der Waals surface area contributed by atoms with E-state index in [2.05, 4.69) is 31.2 Å². The van der Waals surface area contributed by atoms with E-state index < -0.39 is 6.43 Å². The lowest BCUT2D eigenvalue weighted by Crippen LogP contribution is -2.47. The van der Waals surface area contributed by atoms with Crippen LogP contribution in [0.1, 0.15) is 46.4 Å². The van der Waals surface area contributed by atoms with Crippen molar-refractivity contribution >= 4 is 17.5 Å². The lowest BCUT2D eigenvalue weighted by atomic mass is 10.0. The number of alkyl halides is 2. The topological polar surface area (TPSA) is 102 Å². The molecule has 1 atom stereocenters. The summed E-state index contributed by atoms with van der Waals surface area (Å²) in [7, 11) is 2.04. The van der Waals surface area contributed by atoms with Crippen LogP contribution in [0, 0.1) is 11.3 Å². The SMILES string of the molecule is C[C@H](Nc1ncc(C#N)c(-c2cnc3c(C(F)F)cccn23)n1)c1cccc(C(=O)N2CCN(C)CC2)c1. The number of likely N-dealkylation sites (N-methyl/N-ethyl adjacent to an activating group) is 1. The molecule has 1 amide bonds. The van der Waals surface area contributed by atoms with E-state index in [0.29, 0.717) is 24.3 Å². The van der Waals surface area contributed by atoms with E-state index in [0.717, 1.165) is 18.7 Å². The number of anilines is 1. The number of nitrogens with zero attached hydrogens (tertiary/aromatic N) is 7. The number of hydrogen-bond acceptors (Lipinski definition) is 7. The van der Waals surface area contributed by atoms with Crippen LogP contribution in [-0.4, -0.2) is 68.3 Å². The molecule has 4 aromatic rings. The molecule has 4 heterocycles. The summed E-state index contributed by atoms with van der Waals surface area (Å²) in [5.74, 6) is 0.252. The van der Waals surface area contributed by atoms with Crippen LogP contribution in [0.5, 0.6) is 0 Å². The second-order valence-electron chi connectivity index (χ2n) is 9.26. The summed E-state index contributed by atoms with van der Waals surface area (Å²) in [4.78, 5) is 30.1. The molecule has 0 radical (unpaired) electrons. The monoisotopic (exact) mass is 516 g/mol. The number of nitriles is 1. The van der Waals surface area contributed by atoms with Gasteiger partial charge in [0.25, 0.3) is 12.3 Å². The predicted octanol–water partition coefficient (Wildman–Crippen LogP) is 4.16. The lowest BCUT2D eigenvalue weighted by Gasteiger charge is -2.32. The molecule has 3 aromatic heterocycles. The number of amides is 1. The van der Waals surface area contributed by atoms with Crippen LogP contribution in [0.25, 0.3) is 17.0 Å². The van der Waals surface area contributed by atoms with Gasteiger partial charge < -0.3 is 15.1 Å². The average Bonchev–Trinajstić information content (AvgIpc) is 3.37. The maximum Gasteiger partial charge on any atom is 0.267 e. The molecular weight excluding hydrogens is 490 g/mol. The van der Waals surface area contributed by atoms with Crippen LogP contribution < -0.4 is 5.32 Å². The number of imidazole rings is 1. The molecule has 11 heteroatoms. The highest BCUT2D eigenvalue weighted by atomic mass is 19.3. The van der Waals surface area contributed by atoms with Gasteiger partial charge in [-0.25, -0.2) is 23.7 Å². The summed E-state index contributed by atoms with van der Waals surface area (Å²) in [6.45, 7) is 4.99. The first-order chi connectivity index (χ1) is 18.4. The van der Waals surface area contributed by atoms with Gasteiger partial charge in [-0.05, 0) is 43.8 Å². The zero-order valence-corrected chi connectivity index (χ0v) is 21.0. The van der Waals surface area contributed by atoms with Crippen LogP contribution in [-0.2, 0) is 0 Å². The van der Waals surface area contributed by atoms with Crippen LogP contribution in [0.15, 0.2) is 55.0 Å². The highest BCUT2D eigenvalue weighted by molar-refractivity contribution is 5.94. The average molecular weight is 517 g/mol. The van der Waals surface area contributed by atoms with Crippen molar-refractivity contribution in [3.63, 3.8) is 0 Å². The standard InChI is InChI=1S/C27H26F2N8O/c1-17(18-5-3-6-19(13-18)26(38)36-11-9-35(2)10-12-36)33-27-32-15-20(14-30)23(34-27)22-16-31-25-21(24(28)29)7-4-8-37(22)25/h3-8,13,15-17,24H,9-12H2,1-2H3,(H,32,33,34)/t17-/m0/s1. The lowest BCUT2D eigenvalue weighted by molar-refractivity contribution is 0.0664. The van der Waals surface area contributed by atoms with E-state index in [-0.39, 0.29) is 40.4 Å². The Kier molecular flexibility index (Phi) is 6.98. The van der Waals surface area contributed by atoms with Crippen LogP contribution in [0.3, 0.4) is 0 Å². The molecule has 194 valence electrons. The number of pyridine rings is 1. The summed E-state index contributed by atoms with van der Waals surface area (Å²) in [6.07, 6.45) is 1.73. The quantitative estimate of drug-likeness (QED) is 0.411. The van der Waals surface area contributed by atoms with Gasteiger partial charge in [0.05, 0.1) is 35.3 Å². The molecule has 38 heavy (non-hydrogen) atoms. The number of nitrogens with one attached hydrogen (secondary N) is 1. The van der Waals surface area contributed by atoms with Gasteiger partial charge in [-0.2, -0.15) is 5.26 Å². The van der Waals surface area contributed by atoms with Crippen molar-refractivity contribution in [2.75, 3.05) is 38.5 Å². The first-order valence-corrected chi connectivity index (χ1v) is 12.2. The highest BCUT2D eigenvalue weighted by Crippen LogP contribution is 2.29. The van der Waals surface area contributed by atoms with Gasteiger partial charge in [0.2, 0.25) is 5.95 Å². The van der Waals surface area contributed by atoms with E-state index in [1.54, 1.807) is 6.20 Å². The molecule has 1 N–H and O–H groups in total. The maximum atomic E-state index is 13.5. The minimum absolute atomic E-state index is 0.000151. The van der Waals surface area contributed by atoms with Crippen molar-refractivity contribution in [2.24, 2.45) is 0 Å². The van der Waals surface area contributed by atoms with Crippen molar-refractivity contribution in [3.8, 4) is 17.5 Å². The van der Waals surface area contributed by atoms with Gasteiger partial charge in [-0.3, -0.25) is 9.20 Å². The van der Waals surface area contributed by atoms with Crippen molar-refractivity contribution in [1.29, 1.82) is 5.26 Å². The minimum Gasteiger partial charge on any atom is -0.348 e. The molecule has 1 aliphatic heterocycles. The number of fused-ring (bicyclic) bond motifs is 1. The Hall–Kier alpha value is -4.43. The Morgan fingerprint density at radius 3 is 2.63 bits per heavy atom. The third kappa shape index (κ3) is 4.90. The van der Waals surface area contributed by atoms with Crippen molar-refractivity contribution in [1.82, 2.24) is 29.2 Å². The summed E-state index contributed by atoms with van der Waals surface area (Å²) in [5.41, 5.74) is 2.24.